The number of carbonyl (C=O) groups is 2. The maximum absolute atomic E-state index is 11.6. The van der Waals surface area contributed by atoms with Crippen molar-refractivity contribution in [2.75, 3.05) is 26.4 Å². The van der Waals surface area contributed by atoms with E-state index in [1.807, 2.05) is 0 Å². The van der Waals surface area contributed by atoms with Crippen LogP contribution in [0.25, 0.3) is 0 Å². The Morgan fingerprint density at radius 2 is 1.80 bits per heavy atom. The average molecular weight is 383 g/mol. The molecule has 2 atom stereocenters. The molecule has 0 bridgehead atoms. The first kappa shape index (κ1) is 24.0. The van der Waals surface area contributed by atoms with Gasteiger partial charge >= 0.3 is 13.8 Å². The minimum Gasteiger partial charge on any atom is -0.463 e. The van der Waals surface area contributed by atoms with Crippen LogP contribution in [0.4, 0.5) is 0 Å². The van der Waals surface area contributed by atoms with Crippen molar-refractivity contribution < 1.29 is 37.9 Å². The van der Waals surface area contributed by atoms with E-state index in [1.165, 1.54) is 6.92 Å². The summed E-state index contributed by atoms with van der Waals surface area (Å²) in [6.07, 6.45) is 4.42. The van der Waals surface area contributed by atoms with Gasteiger partial charge in [0.2, 0.25) is 5.91 Å². The first-order valence-corrected chi connectivity index (χ1v) is 9.96. The highest BCUT2D eigenvalue weighted by molar-refractivity contribution is 7.47. The summed E-state index contributed by atoms with van der Waals surface area (Å²) in [7, 11) is -4.34. The Bertz CT molecular complexity index is 432. The lowest BCUT2D eigenvalue weighted by molar-refractivity contribution is -0.144. The summed E-state index contributed by atoms with van der Waals surface area (Å²) in [5.74, 6) is -0.714. The van der Waals surface area contributed by atoms with E-state index in [2.05, 4.69) is 26.0 Å². The van der Waals surface area contributed by atoms with Gasteiger partial charge in [-0.2, -0.15) is 0 Å². The number of carbonyl (C=O) groups excluding carboxylic acids is 2. The molecule has 0 aliphatic heterocycles. The number of unbranched alkanes of at least 4 members (excludes halogenated alkanes) is 4. The van der Waals surface area contributed by atoms with Gasteiger partial charge in [-0.25, -0.2) is 4.57 Å². The summed E-state index contributed by atoms with van der Waals surface area (Å²) >= 11 is 0. The summed E-state index contributed by atoms with van der Waals surface area (Å²) in [6.45, 7) is 2.31. The zero-order valence-corrected chi connectivity index (χ0v) is 15.8. The molecule has 148 valence electrons. The molecule has 0 fully saturated rings. The lowest BCUT2D eigenvalue weighted by atomic mass is 10.1. The maximum atomic E-state index is 11.6. The standard InChI is InChI=1S/C15H30NO8P/c1-3-4-5-6-7-8-15(19)16-9-10-23-25(20,21)24-12-14(18)11-22-13(2)17/h14,18H,3-12H2,1-2H3,(H,16,19)(H,20,21). The molecule has 0 saturated carbocycles. The number of esters is 1. The van der Waals surface area contributed by atoms with E-state index in [1.54, 1.807) is 0 Å². The van der Waals surface area contributed by atoms with Gasteiger partial charge in [0.15, 0.2) is 0 Å². The van der Waals surface area contributed by atoms with Crippen molar-refractivity contribution in [1.29, 1.82) is 0 Å². The number of phosphoric ester groups is 1. The summed E-state index contributed by atoms with van der Waals surface area (Å²) in [6, 6.07) is 0. The number of nitrogens with one attached hydrogen (secondary N) is 1. The third-order valence-corrected chi connectivity index (χ3v) is 4.08. The Labute approximate surface area is 148 Å². The molecule has 0 aromatic heterocycles. The molecule has 0 spiro atoms. The normalized spacial score (nSPS) is 14.6. The van der Waals surface area contributed by atoms with Gasteiger partial charge in [-0.1, -0.05) is 32.6 Å². The predicted molar refractivity (Wildman–Crippen MR) is 90.8 cm³/mol. The fourth-order valence-electron chi connectivity index (χ4n) is 1.81. The van der Waals surface area contributed by atoms with E-state index in [-0.39, 0.29) is 25.7 Å². The minimum atomic E-state index is -4.34. The van der Waals surface area contributed by atoms with Crippen LogP contribution in [0.5, 0.6) is 0 Å². The van der Waals surface area contributed by atoms with Crippen LogP contribution in [0.1, 0.15) is 52.4 Å². The number of ether oxygens (including phenoxy) is 1. The predicted octanol–water partition coefficient (Wildman–Crippen LogP) is 1.52. The Morgan fingerprint density at radius 3 is 2.44 bits per heavy atom. The van der Waals surface area contributed by atoms with E-state index in [4.69, 9.17) is 0 Å². The second kappa shape index (κ2) is 14.2. The molecule has 1 amide bonds. The Kier molecular flexibility index (Phi) is 13.6. The van der Waals surface area contributed by atoms with Crippen molar-refractivity contribution in [2.45, 2.75) is 58.5 Å². The van der Waals surface area contributed by atoms with E-state index in [0.717, 1.165) is 32.1 Å². The van der Waals surface area contributed by atoms with Gasteiger partial charge in [0.25, 0.3) is 0 Å². The molecule has 25 heavy (non-hydrogen) atoms. The summed E-state index contributed by atoms with van der Waals surface area (Å²) in [5, 5.41) is 12.0. The van der Waals surface area contributed by atoms with Crippen LogP contribution in [0.2, 0.25) is 0 Å². The molecule has 10 heteroatoms. The molecule has 0 aliphatic rings. The van der Waals surface area contributed by atoms with Crippen LogP contribution in [0.15, 0.2) is 0 Å². The number of aliphatic hydroxyl groups is 1. The molecular weight excluding hydrogens is 353 g/mol. The molecule has 9 nitrogen and oxygen atoms in total. The molecule has 0 heterocycles. The van der Waals surface area contributed by atoms with Gasteiger partial charge in [-0.05, 0) is 6.42 Å². The topological polar surface area (TPSA) is 131 Å². The van der Waals surface area contributed by atoms with Crippen molar-refractivity contribution in [3.05, 3.63) is 0 Å². The molecular formula is C15H30NO8P. The number of hydrogen-bond donors (Lipinski definition) is 3. The average Bonchev–Trinajstić information content (AvgIpc) is 2.55. The van der Waals surface area contributed by atoms with E-state index in [9.17, 15) is 24.2 Å². The fourth-order valence-corrected chi connectivity index (χ4v) is 2.57. The largest absolute Gasteiger partial charge is 0.472 e. The third-order valence-electron chi connectivity index (χ3n) is 3.10. The van der Waals surface area contributed by atoms with Gasteiger partial charge in [0, 0.05) is 19.9 Å². The van der Waals surface area contributed by atoms with Crippen molar-refractivity contribution in [3.63, 3.8) is 0 Å². The molecule has 2 unspecified atom stereocenters. The SMILES string of the molecule is CCCCCCCC(=O)NCCOP(=O)(O)OCC(O)COC(C)=O. The molecule has 3 N–H and O–H groups in total. The molecule has 0 rings (SSSR count). The number of hydrogen-bond acceptors (Lipinski definition) is 7. The quantitative estimate of drug-likeness (QED) is 0.220. The maximum Gasteiger partial charge on any atom is 0.472 e. The number of rotatable bonds is 15. The van der Waals surface area contributed by atoms with Crippen LogP contribution < -0.4 is 5.32 Å². The Hall–Kier alpha value is -0.990. The highest BCUT2D eigenvalue weighted by Crippen LogP contribution is 2.42. The smallest absolute Gasteiger partial charge is 0.463 e. The molecule has 0 saturated heterocycles. The van der Waals surface area contributed by atoms with Crippen LogP contribution in [0, 0.1) is 0 Å². The Morgan fingerprint density at radius 1 is 1.12 bits per heavy atom. The lowest BCUT2D eigenvalue weighted by Gasteiger charge is -2.15. The molecule has 0 aliphatic carbocycles. The van der Waals surface area contributed by atoms with Gasteiger partial charge in [0.1, 0.15) is 12.7 Å². The lowest BCUT2D eigenvalue weighted by Crippen LogP contribution is -2.27. The Balaban J connectivity index is 3.72. The second-order valence-corrected chi connectivity index (χ2v) is 7.02. The van der Waals surface area contributed by atoms with Gasteiger partial charge in [0.05, 0.1) is 13.2 Å². The fraction of sp³-hybridized carbons (Fsp3) is 0.867. The molecule has 0 aromatic rings. The minimum absolute atomic E-state index is 0.0811. The van der Waals surface area contributed by atoms with Gasteiger partial charge in [-0.3, -0.25) is 18.6 Å². The van der Waals surface area contributed by atoms with Crippen molar-refractivity contribution in [3.8, 4) is 0 Å². The molecule has 0 aromatic carbocycles. The van der Waals surface area contributed by atoms with Crippen LogP contribution in [-0.2, 0) is 27.9 Å². The first-order chi connectivity index (χ1) is 11.8. The zero-order valence-electron chi connectivity index (χ0n) is 14.9. The first-order valence-electron chi connectivity index (χ1n) is 8.47. The highest BCUT2D eigenvalue weighted by atomic mass is 31.2. The van der Waals surface area contributed by atoms with Gasteiger partial charge in [-0.15, -0.1) is 0 Å². The number of amides is 1. The van der Waals surface area contributed by atoms with E-state index < -0.39 is 26.5 Å². The van der Waals surface area contributed by atoms with E-state index >= 15 is 0 Å². The van der Waals surface area contributed by atoms with Crippen molar-refractivity contribution >= 4 is 19.7 Å². The summed E-state index contributed by atoms with van der Waals surface area (Å²) in [4.78, 5) is 31.5. The second-order valence-electron chi connectivity index (χ2n) is 5.57. The van der Waals surface area contributed by atoms with Gasteiger partial charge < -0.3 is 20.1 Å². The third kappa shape index (κ3) is 16.2. The van der Waals surface area contributed by atoms with E-state index in [0.29, 0.717) is 6.42 Å². The number of phosphoric acid groups is 1. The monoisotopic (exact) mass is 383 g/mol. The highest BCUT2D eigenvalue weighted by Gasteiger charge is 2.23. The van der Waals surface area contributed by atoms with Crippen molar-refractivity contribution in [1.82, 2.24) is 5.32 Å². The van der Waals surface area contributed by atoms with Crippen LogP contribution >= 0.6 is 7.82 Å². The van der Waals surface area contributed by atoms with Crippen molar-refractivity contribution in [2.24, 2.45) is 0 Å². The molecule has 0 radical (unpaired) electrons. The summed E-state index contributed by atoms with van der Waals surface area (Å²) < 4.78 is 25.3. The van der Waals surface area contributed by atoms with Crippen LogP contribution in [-0.4, -0.2) is 54.3 Å². The summed E-state index contributed by atoms with van der Waals surface area (Å²) in [5.41, 5.74) is 0. The zero-order chi connectivity index (χ0) is 19.1. The van der Waals surface area contributed by atoms with Crippen LogP contribution in [0.3, 0.4) is 0 Å². The number of aliphatic hydroxyl groups excluding tert-OH is 1.